The topological polar surface area (TPSA) is 20.2 Å². The van der Waals surface area contributed by atoms with Gasteiger partial charge in [0.1, 0.15) is 0 Å². The van der Waals surface area contributed by atoms with Gasteiger partial charge in [0, 0.05) is 3.57 Å². The van der Waals surface area contributed by atoms with Gasteiger partial charge in [-0.15, -0.1) is 0 Å². The zero-order valence-corrected chi connectivity index (χ0v) is 7.87. The van der Waals surface area contributed by atoms with Crippen molar-refractivity contribution < 1.29 is 5.11 Å². The second kappa shape index (κ2) is 3.34. The van der Waals surface area contributed by atoms with Crippen molar-refractivity contribution >= 4 is 22.6 Å². The van der Waals surface area contributed by atoms with Crippen LogP contribution in [0.25, 0.3) is 0 Å². The highest BCUT2D eigenvalue weighted by Gasteiger charge is 1.98. The molecule has 0 saturated carbocycles. The summed E-state index contributed by atoms with van der Waals surface area (Å²) >= 11 is 2.23. The smallest absolute Gasteiger partial charge is 0.0762 e. The Morgan fingerprint density at radius 1 is 1.50 bits per heavy atom. The quantitative estimate of drug-likeness (QED) is 0.756. The van der Waals surface area contributed by atoms with Gasteiger partial charge < -0.3 is 5.11 Å². The first-order chi connectivity index (χ1) is 4.70. The van der Waals surface area contributed by atoms with Crippen LogP contribution >= 0.6 is 22.6 Å². The average Bonchev–Trinajstić information content (AvgIpc) is 1.88. The molecule has 0 saturated heterocycles. The third kappa shape index (κ3) is 1.95. The molecule has 0 bridgehead atoms. The minimum Gasteiger partial charge on any atom is -0.389 e. The molecule has 0 heterocycles. The molecule has 1 rings (SSSR count). The summed E-state index contributed by atoms with van der Waals surface area (Å²) in [6.45, 7) is 1.77. The van der Waals surface area contributed by atoms with Gasteiger partial charge in [0.15, 0.2) is 0 Å². The van der Waals surface area contributed by atoms with Gasteiger partial charge in [-0.05, 0) is 47.2 Å². The van der Waals surface area contributed by atoms with Gasteiger partial charge in [0.05, 0.1) is 6.10 Å². The molecule has 0 fully saturated rings. The van der Waals surface area contributed by atoms with Crippen LogP contribution in [0, 0.1) is 3.57 Å². The normalized spacial score (nSPS) is 13.1. The summed E-state index contributed by atoms with van der Waals surface area (Å²) in [5, 5.41) is 9.14. The van der Waals surface area contributed by atoms with Gasteiger partial charge in [0.25, 0.3) is 0 Å². The maximum Gasteiger partial charge on any atom is 0.0762 e. The molecule has 0 aliphatic carbocycles. The SMILES string of the molecule is CC(O)c1cccc(I)c1. The Kier molecular flexibility index (Phi) is 2.68. The van der Waals surface area contributed by atoms with E-state index in [-0.39, 0.29) is 6.10 Å². The lowest BCUT2D eigenvalue weighted by Gasteiger charge is -2.02. The molecular formula is C8H9IO. The van der Waals surface area contributed by atoms with E-state index in [1.807, 2.05) is 24.3 Å². The van der Waals surface area contributed by atoms with Gasteiger partial charge in [0.2, 0.25) is 0 Å². The Morgan fingerprint density at radius 2 is 2.20 bits per heavy atom. The number of hydrogen-bond donors (Lipinski definition) is 1. The molecule has 0 aromatic heterocycles. The summed E-state index contributed by atoms with van der Waals surface area (Å²) < 4.78 is 1.16. The van der Waals surface area contributed by atoms with Crippen LogP contribution in [0.15, 0.2) is 24.3 Å². The largest absolute Gasteiger partial charge is 0.389 e. The van der Waals surface area contributed by atoms with E-state index < -0.39 is 0 Å². The fourth-order valence-corrected chi connectivity index (χ4v) is 1.33. The number of benzene rings is 1. The van der Waals surface area contributed by atoms with Gasteiger partial charge >= 0.3 is 0 Å². The van der Waals surface area contributed by atoms with Crippen molar-refractivity contribution in [3.8, 4) is 0 Å². The highest BCUT2D eigenvalue weighted by molar-refractivity contribution is 14.1. The third-order valence-corrected chi connectivity index (χ3v) is 2.00. The van der Waals surface area contributed by atoms with Gasteiger partial charge in [-0.25, -0.2) is 0 Å². The first-order valence-corrected chi connectivity index (χ1v) is 4.21. The summed E-state index contributed by atoms with van der Waals surface area (Å²) in [6.07, 6.45) is -0.352. The number of rotatable bonds is 1. The molecule has 1 unspecified atom stereocenters. The zero-order valence-electron chi connectivity index (χ0n) is 5.71. The molecule has 0 amide bonds. The zero-order chi connectivity index (χ0) is 7.56. The number of aliphatic hydroxyl groups is 1. The summed E-state index contributed by atoms with van der Waals surface area (Å²) in [7, 11) is 0. The van der Waals surface area contributed by atoms with E-state index in [1.165, 1.54) is 0 Å². The number of hydrogen-bond acceptors (Lipinski definition) is 1. The molecular weight excluding hydrogens is 239 g/mol. The maximum atomic E-state index is 9.14. The minimum atomic E-state index is -0.352. The highest BCUT2D eigenvalue weighted by atomic mass is 127. The van der Waals surface area contributed by atoms with Crippen LogP contribution in [0.2, 0.25) is 0 Å². The van der Waals surface area contributed by atoms with Crippen molar-refractivity contribution in [1.29, 1.82) is 0 Å². The molecule has 0 aliphatic heterocycles. The predicted molar refractivity (Wildman–Crippen MR) is 49.8 cm³/mol. The van der Waals surface area contributed by atoms with E-state index in [9.17, 15) is 0 Å². The summed E-state index contributed by atoms with van der Waals surface area (Å²) in [5.74, 6) is 0. The number of halogens is 1. The molecule has 1 aromatic carbocycles. The van der Waals surface area contributed by atoms with Crippen LogP contribution in [0.5, 0.6) is 0 Å². The van der Waals surface area contributed by atoms with Crippen LogP contribution in [-0.4, -0.2) is 5.11 Å². The molecule has 0 radical (unpaired) electrons. The van der Waals surface area contributed by atoms with E-state index in [4.69, 9.17) is 5.11 Å². The lowest BCUT2D eigenvalue weighted by Crippen LogP contribution is -1.89. The van der Waals surface area contributed by atoms with Crippen molar-refractivity contribution in [3.63, 3.8) is 0 Å². The molecule has 54 valence electrons. The van der Waals surface area contributed by atoms with Crippen LogP contribution in [0.1, 0.15) is 18.6 Å². The van der Waals surface area contributed by atoms with Crippen molar-refractivity contribution in [2.24, 2.45) is 0 Å². The van der Waals surface area contributed by atoms with Crippen LogP contribution < -0.4 is 0 Å². The van der Waals surface area contributed by atoms with E-state index in [2.05, 4.69) is 22.6 Å². The van der Waals surface area contributed by atoms with E-state index in [0.29, 0.717) is 0 Å². The Bertz CT molecular complexity index is 220. The lowest BCUT2D eigenvalue weighted by atomic mass is 10.1. The fraction of sp³-hybridized carbons (Fsp3) is 0.250. The van der Waals surface area contributed by atoms with Crippen LogP contribution in [0.3, 0.4) is 0 Å². The Balaban J connectivity index is 2.96. The molecule has 0 aliphatic rings. The Labute approximate surface area is 74.2 Å². The molecule has 10 heavy (non-hydrogen) atoms. The van der Waals surface area contributed by atoms with Crippen molar-refractivity contribution in [2.45, 2.75) is 13.0 Å². The second-order valence-electron chi connectivity index (χ2n) is 2.23. The van der Waals surface area contributed by atoms with E-state index >= 15 is 0 Å². The maximum absolute atomic E-state index is 9.14. The molecule has 1 N–H and O–H groups in total. The van der Waals surface area contributed by atoms with Gasteiger partial charge in [-0.3, -0.25) is 0 Å². The highest BCUT2D eigenvalue weighted by Crippen LogP contribution is 2.14. The van der Waals surface area contributed by atoms with Gasteiger partial charge in [-0.2, -0.15) is 0 Å². The first kappa shape index (κ1) is 8.01. The summed E-state index contributed by atoms with van der Waals surface area (Å²) in [5.41, 5.74) is 0.979. The second-order valence-corrected chi connectivity index (χ2v) is 3.48. The first-order valence-electron chi connectivity index (χ1n) is 3.13. The van der Waals surface area contributed by atoms with Crippen molar-refractivity contribution in [1.82, 2.24) is 0 Å². The third-order valence-electron chi connectivity index (χ3n) is 1.33. The molecule has 1 nitrogen and oxygen atoms in total. The summed E-state index contributed by atoms with van der Waals surface area (Å²) in [4.78, 5) is 0. The standard InChI is InChI=1S/C8H9IO/c1-6(10)7-3-2-4-8(9)5-7/h2-6,10H,1H3. The van der Waals surface area contributed by atoms with Crippen LogP contribution in [0.4, 0.5) is 0 Å². The van der Waals surface area contributed by atoms with Gasteiger partial charge in [-0.1, -0.05) is 12.1 Å². The molecule has 1 aromatic rings. The molecule has 1 atom stereocenters. The van der Waals surface area contributed by atoms with E-state index in [0.717, 1.165) is 9.13 Å². The number of aliphatic hydroxyl groups excluding tert-OH is 1. The summed E-state index contributed by atoms with van der Waals surface area (Å²) in [6, 6.07) is 7.86. The fourth-order valence-electron chi connectivity index (χ4n) is 0.766. The van der Waals surface area contributed by atoms with Crippen molar-refractivity contribution in [2.75, 3.05) is 0 Å². The van der Waals surface area contributed by atoms with Crippen LogP contribution in [-0.2, 0) is 0 Å². The minimum absolute atomic E-state index is 0.352. The average molecular weight is 248 g/mol. The van der Waals surface area contributed by atoms with E-state index in [1.54, 1.807) is 6.92 Å². The monoisotopic (exact) mass is 248 g/mol. The van der Waals surface area contributed by atoms with Crippen molar-refractivity contribution in [3.05, 3.63) is 33.4 Å². The Hall–Kier alpha value is -0.0900. The Morgan fingerprint density at radius 3 is 2.60 bits per heavy atom. The molecule has 0 spiro atoms. The molecule has 2 heteroatoms. The predicted octanol–water partition coefficient (Wildman–Crippen LogP) is 2.34. The lowest BCUT2D eigenvalue weighted by molar-refractivity contribution is 0.199.